The number of aliphatic hydroxyl groups excluding tert-OH is 3. The van der Waals surface area contributed by atoms with Gasteiger partial charge in [-0.25, -0.2) is 0 Å². The Morgan fingerprint density at radius 1 is 1.14 bits per heavy atom. The Hall–Kier alpha value is -2.91. The van der Waals surface area contributed by atoms with Gasteiger partial charge in [0.15, 0.2) is 11.5 Å². The van der Waals surface area contributed by atoms with E-state index >= 15 is 0 Å². The van der Waals surface area contributed by atoms with Crippen molar-refractivity contribution in [3.63, 3.8) is 0 Å². The average Bonchev–Trinajstić information content (AvgIpc) is 3.57. The molecule has 1 unspecified atom stereocenters. The summed E-state index contributed by atoms with van der Waals surface area (Å²) in [4.78, 5) is 28.7. The minimum absolute atomic E-state index is 0.0532. The van der Waals surface area contributed by atoms with E-state index in [9.17, 15) is 24.9 Å². The lowest BCUT2D eigenvalue weighted by Gasteiger charge is -2.41. The summed E-state index contributed by atoms with van der Waals surface area (Å²) in [6.45, 7) is 0.372. The third-order valence-corrected chi connectivity index (χ3v) is 8.41. The quantitative estimate of drug-likeness (QED) is 0.229. The Morgan fingerprint density at radius 3 is 2.63 bits per heavy atom. The highest BCUT2D eigenvalue weighted by atomic mass is 127. The van der Waals surface area contributed by atoms with E-state index in [-0.39, 0.29) is 38.6 Å². The normalized spacial score (nSPS) is 21.6. The lowest BCUT2D eigenvalue weighted by molar-refractivity contribution is -0.148. The van der Waals surface area contributed by atoms with Gasteiger partial charge in [-0.2, -0.15) is 0 Å². The highest BCUT2D eigenvalue weighted by Crippen LogP contribution is 2.37. The average molecular weight is 711 g/mol. The summed E-state index contributed by atoms with van der Waals surface area (Å²) in [5, 5.41) is 33.4. The van der Waals surface area contributed by atoms with Crippen molar-refractivity contribution < 1.29 is 43.9 Å². The number of halogens is 1. The number of rotatable bonds is 13. The number of carbonyl (C=O) groups is 2. The van der Waals surface area contributed by atoms with Gasteiger partial charge in [-0.3, -0.25) is 9.59 Å². The van der Waals surface area contributed by atoms with Gasteiger partial charge in [0.2, 0.25) is 5.91 Å². The van der Waals surface area contributed by atoms with Gasteiger partial charge < -0.3 is 44.5 Å². The Labute approximate surface area is 264 Å². The van der Waals surface area contributed by atoms with Crippen LogP contribution in [-0.2, 0) is 27.4 Å². The fourth-order valence-corrected chi connectivity index (χ4v) is 6.16. The molecule has 2 aromatic carbocycles. The molecule has 1 aliphatic carbocycles. The minimum atomic E-state index is -1.21. The highest BCUT2D eigenvalue weighted by Gasteiger charge is 2.42. The smallest absolute Gasteiger partial charge is 0.252 e. The number of amides is 2. The molecule has 0 spiro atoms. The van der Waals surface area contributed by atoms with Gasteiger partial charge in [0.25, 0.3) is 5.91 Å². The van der Waals surface area contributed by atoms with Crippen molar-refractivity contribution in [2.24, 2.45) is 0 Å². The second-order valence-electron chi connectivity index (χ2n) is 10.4. The number of ether oxygens (including phenoxy) is 4. The fourth-order valence-electron chi connectivity index (χ4n) is 5.37. The van der Waals surface area contributed by atoms with Crippen LogP contribution >= 0.6 is 22.6 Å². The van der Waals surface area contributed by atoms with Gasteiger partial charge in [0.1, 0.15) is 24.1 Å². The summed E-state index contributed by atoms with van der Waals surface area (Å²) in [5.74, 6) is 0.719. The zero-order valence-electron chi connectivity index (χ0n) is 24.3. The van der Waals surface area contributed by atoms with Crippen LogP contribution in [0.15, 0.2) is 48.0 Å². The molecule has 234 valence electrons. The van der Waals surface area contributed by atoms with Crippen LogP contribution in [0.25, 0.3) is 0 Å². The van der Waals surface area contributed by atoms with Crippen molar-refractivity contribution in [3.8, 4) is 17.2 Å². The van der Waals surface area contributed by atoms with Gasteiger partial charge >= 0.3 is 0 Å². The van der Waals surface area contributed by atoms with Crippen molar-refractivity contribution in [3.05, 3.63) is 62.7 Å². The Kier molecular flexibility index (Phi) is 12.1. The number of methoxy groups -OCH3 is 2. The van der Waals surface area contributed by atoms with E-state index in [1.165, 1.54) is 7.11 Å². The van der Waals surface area contributed by atoms with Crippen molar-refractivity contribution in [2.75, 3.05) is 40.5 Å². The molecule has 2 amide bonds. The second-order valence-corrected chi connectivity index (χ2v) is 11.6. The van der Waals surface area contributed by atoms with E-state index in [1.807, 2.05) is 24.3 Å². The SMILES string of the molecule is COc1cccc(CCN(C(=O)C2CCCO2)[C@@H]2CC(C(=O)NCCO)=C[C@H](Oc3c(I)cc(CO)cc3OC)[C@H]2O)c1. The van der Waals surface area contributed by atoms with E-state index in [2.05, 4.69) is 27.9 Å². The van der Waals surface area contributed by atoms with Crippen LogP contribution in [0.1, 0.15) is 30.4 Å². The molecule has 0 bridgehead atoms. The first-order chi connectivity index (χ1) is 20.8. The molecule has 1 aliphatic heterocycles. The van der Waals surface area contributed by atoms with Gasteiger partial charge in [0.05, 0.1) is 37.0 Å². The molecule has 4 N–H and O–H groups in total. The van der Waals surface area contributed by atoms with Crippen LogP contribution in [0, 0.1) is 3.57 Å². The second kappa shape index (κ2) is 15.7. The van der Waals surface area contributed by atoms with E-state index in [0.29, 0.717) is 51.4 Å². The number of nitrogens with one attached hydrogen (secondary N) is 1. The van der Waals surface area contributed by atoms with Crippen molar-refractivity contribution >= 4 is 34.4 Å². The molecule has 11 nitrogen and oxygen atoms in total. The first-order valence-electron chi connectivity index (χ1n) is 14.3. The summed E-state index contributed by atoms with van der Waals surface area (Å²) >= 11 is 2.06. The zero-order valence-corrected chi connectivity index (χ0v) is 26.5. The van der Waals surface area contributed by atoms with Crippen LogP contribution in [0.3, 0.4) is 0 Å². The molecule has 1 fully saturated rings. The maximum absolute atomic E-state index is 13.9. The monoisotopic (exact) mass is 710 g/mol. The first-order valence-corrected chi connectivity index (χ1v) is 15.3. The minimum Gasteiger partial charge on any atom is -0.497 e. The zero-order chi connectivity index (χ0) is 30.9. The Morgan fingerprint density at radius 2 is 1.95 bits per heavy atom. The van der Waals surface area contributed by atoms with Gasteiger partial charge in [-0.1, -0.05) is 12.1 Å². The van der Waals surface area contributed by atoms with E-state index in [4.69, 9.17) is 18.9 Å². The van der Waals surface area contributed by atoms with E-state index < -0.39 is 30.3 Å². The molecule has 0 radical (unpaired) electrons. The van der Waals surface area contributed by atoms with Gasteiger partial charge in [-0.15, -0.1) is 0 Å². The number of carbonyl (C=O) groups excluding carboxylic acids is 2. The molecule has 12 heteroatoms. The molecule has 1 saturated heterocycles. The highest BCUT2D eigenvalue weighted by molar-refractivity contribution is 14.1. The summed E-state index contributed by atoms with van der Waals surface area (Å²) in [5.41, 5.74) is 1.89. The molecular formula is C31H39IN2O9. The topological polar surface area (TPSA) is 147 Å². The summed E-state index contributed by atoms with van der Waals surface area (Å²) in [6.07, 6.45) is 0.581. The maximum atomic E-state index is 13.9. The number of hydrogen-bond donors (Lipinski definition) is 4. The van der Waals surface area contributed by atoms with Gasteiger partial charge in [0, 0.05) is 31.7 Å². The Balaban J connectivity index is 1.69. The molecule has 2 aromatic rings. The fraction of sp³-hybridized carbons (Fsp3) is 0.484. The Bertz CT molecular complexity index is 1300. The standard InChI is InChI=1S/C31H39IN2O9/c1-40-22-6-3-5-19(13-22)8-10-34(31(39)25-7-4-12-42-25)24-16-21(30(38)33-9-11-35)17-26(28(24)37)43-29-23(32)14-20(18-36)15-27(29)41-2/h3,5-6,13-15,17,24-26,28,35-37H,4,7-12,16,18H2,1-2H3,(H,33,38)/t24-,25?,26+,28+/m1/s1. The summed E-state index contributed by atoms with van der Waals surface area (Å²) < 4.78 is 23.6. The summed E-state index contributed by atoms with van der Waals surface area (Å²) in [7, 11) is 3.07. The molecule has 1 heterocycles. The number of hydrogen-bond acceptors (Lipinski definition) is 9. The predicted molar refractivity (Wildman–Crippen MR) is 166 cm³/mol. The van der Waals surface area contributed by atoms with Crippen LogP contribution in [-0.4, -0.2) is 96.9 Å². The van der Waals surface area contributed by atoms with Crippen LogP contribution in [0.2, 0.25) is 0 Å². The van der Waals surface area contributed by atoms with Crippen molar-refractivity contribution in [1.29, 1.82) is 0 Å². The molecular weight excluding hydrogens is 671 g/mol. The third kappa shape index (κ3) is 8.18. The molecule has 0 aromatic heterocycles. The maximum Gasteiger partial charge on any atom is 0.252 e. The molecule has 4 rings (SSSR count). The first kappa shape index (κ1) is 33.0. The largest absolute Gasteiger partial charge is 0.497 e. The van der Waals surface area contributed by atoms with Crippen LogP contribution < -0.4 is 19.5 Å². The van der Waals surface area contributed by atoms with Gasteiger partial charge in [-0.05, 0) is 83.3 Å². The van der Waals surface area contributed by atoms with Crippen LogP contribution in [0.5, 0.6) is 17.2 Å². The third-order valence-electron chi connectivity index (χ3n) is 7.60. The molecule has 43 heavy (non-hydrogen) atoms. The van der Waals surface area contributed by atoms with E-state index in [1.54, 1.807) is 30.2 Å². The molecule has 0 saturated carbocycles. The number of nitrogens with zero attached hydrogens (tertiary/aromatic N) is 1. The molecule has 4 atom stereocenters. The predicted octanol–water partition coefficient (Wildman–Crippen LogP) is 1.97. The van der Waals surface area contributed by atoms with Crippen molar-refractivity contribution in [2.45, 2.75) is 56.6 Å². The van der Waals surface area contributed by atoms with Crippen molar-refractivity contribution in [1.82, 2.24) is 10.2 Å². The lowest BCUT2D eigenvalue weighted by Crippen LogP contribution is -2.57. The van der Waals surface area contributed by atoms with Crippen LogP contribution in [0.4, 0.5) is 0 Å². The molecule has 2 aliphatic rings. The number of aliphatic hydroxyl groups is 3. The summed E-state index contributed by atoms with van der Waals surface area (Å²) in [6, 6.07) is 10.1. The number of benzene rings is 2. The lowest BCUT2D eigenvalue weighted by atomic mass is 9.87. The van der Waals surface area contributed by atoms with E-state index in [0.717, 1.165) is 12.0 Å².